The lowest BCUT2D eigenvalue weighted by atomic mass is 9.91. The van der Waals surface area contributed by atoms with Gasteiger partial charge in [0.25, 0.3) is 5.91 Å². The van der Waals surface area contributed by atoms with Crippen LogP contribution >= 0.6 is 0 Å². The van der Waals surface area contributed by atoms with E-state index in [2.05, 4.69) is 15.5 Å². The molecule has 1 atom stereocenters. The molecular weight excluding hydrogens is 444 g/mol. The number of imide groups is 1. The van der Waals surface area contributed by atoms with E-state index in [1.165, 1.54) is 7.11 Å². The maximum atomic E-state index is 13.3. The topological polar surface area (TPSA) is 125 Å². The van der Waals surface area contributed by atoms with Gasteiger partial charge in [-0.1, -0.05) is 11.2 Å². The van der Waals surface area contributed by atoms with Crippen LogP contribution in [0.4, 0.5) is 4.79 Å². The summed E-state index contributed by atoms with van der Waals surface area (Å²) in [4.78, 5) is 31.4. The summed E-state index contributed by atoms with van der Waals surface area (Å²) in [6.07, 6.45) is 0. The Labute approximate surface area is 194 Å². The molecule has 1 aromatic heterocycles. The van der Waals surface area contributed by atoms with E-state index in [4.69, 9.17) is 23.5 Å². The first-order valence-corrected chi connectivity index (χ1v) is 10.5. The summed E-state index contributed by atoms with van der Waals surface area (Å²) in [5, 5.41) is 6.73. The number of carbonyl (C=O) groups is 2. The number of urea groups is 1. The van der Waals surface area contributed by atoms with Crippen molar-refractivity contribution >= 4 is 11.9 Å². The monoisotopic (exact) mass is 466 g/mol. The molecule has 1 fully saturated rings. The van der Waals surface area contributed by atoms with Crippen molar-refractivity contribution in [1.82, 2.24) is 20.4 Å². The number of nitrogens with one attached hydrogen (secondary N) is 1. The SMILES string of the molecule is COc1ccc(-c2noc(CN3C(=O)N[C@@](C)(c4ccc5c(c4)OCCO5)C3=O)n2)cc1OC. The van der Waals surface area contributed by atoms with Gasteiger partial charge in [-0.25, -0.2) is 4.79 Å². The highest BCUT2D eigenvalue weighted by Crippen LogP contribution is 2.37. The fraction of sp³-hybridized carbons (Fsp3) is 0.304. The van der Waals surface area contributed by atoms with Gasteiger partial charge >= 0.3 is 6.03 Å². The van der Waals surface area contributed by atoms with E-state index in [0.29, 0.717) is 47.3 Å². The Balaban J connectivity index is 1.36. The molecule has 0 aliphatic carbocycles. The van der Waals surface area contributed by atoms with Gasteiger partial charge in [0.2, 0.25) is 11.7 Å². The van der Waals surface area contributed by atoms with Gasteiger partial charge in [-0.3, -0.25) is 9.69 Å². The van der Waals surface area contributed by atoms with Crippen LogP contribution in [0.15, 0.2) is 40.9 Å². The zero-order chi connectivity index (χ0) is 23.9. The van der Waals surface area contributed by atoms with Crippen molar-refractivity contribution in [3.05, 3.63) is 47.9 Å². The maximum absolute atomic E-state index is 13.3. The summed E-state index contributed by atoms with van der Waals surface area (Å²) in [7, 11) is 3.07. The molecule has 34 heavy (non-hydrogen) atoms. The van der Waals surface area contributed by atoms with Crippen LogP contribution < -0.4 is 24.3 Å². The van der Waals surface area contributed by atoms with E-state index < -0.39 is 17.5 Å². The third-order valence-corrected chi connectivity index (χ3v) is 5.80. The molecule has 0 radical (unpaired) electrons. The zero-order valence-corrected chi connectivity index (χ0v) is 18.8. The molecule has 2 aromatic carbocycles. The largest absolute Gasteiger partial charge is 0.493 e. The number of hydrogen-bond acceptors (Lipinski definition) is 9. The fourth-order valence-electron chi connectivity index (χ4n) is 3.94. The zero-order valence-electron chi connectivity index (χ0n) is 18.8. The molecule has 3 aromatic rings. The third-order valence-electron chi connectivity index (χ3n) is 5.80. The van der Waals surface area contributed by atoms with E-state index in [1.807, 2.05) is 0 Å². The molecule has 1 saturated heterocycles. The van der Waals surface area contributed by atoms with E-state index >= 15 is 0 Å². The van der Waals surface area contributed by atoms with Crippen molar-refractivity contribution in [1.29, 1.82) is 0 Å². The number of fused-ring (bicyclic) bond motifs is 1. The average Bonchev–Trinajstić information content (AvgIpc) is 3.42. The van der Waals surface area contributed by atoms with Crippen molar-refractivity contribution in [2.45, 2.75) is 19.0 Å². The predicted molar refractivity (Wildman–Crippen MR) is 117 cm³/mol. The van der Waals surface area contributed by atoms with Crippen molar-refractivity contribution < 1.29 is 33.1 Å². The van der Waals surface area contributed by atoms with Crippen LogP contribution in [0.25, 0.3) is 11.4 Å². The van der Waals surface area contributed by atoms with Gasteiger partial charge in [0.15, 0.2) is 23.0 Å². The fourth-order valence-corrected chi connectivity index (χ4v) is 3.94. The highest BCUT2D eigenvalue weighted by molar-refractivity contribution is 6.07. The van der Waals surface area contributed by atoms with E-state index in [9.17, 15) is 9.59 Å². The lowest BCUT2D eigenvalue weighted by molar-refractivity contribution is -0.131. The van der Waals surface area contributed by atoms with Gasteiger partial charge in [-0.2, -0.15) is 4.98 Å². The van der Waals surface area contributed by atoms with Gasteiger partial charge in [0.05, 0.1) is 14.2 Å². The molecule has 3 amide bonds. The number of ether oxygens (including phenoxy) is 4. The molecule has 0 saturated carbocycles. The first-order chi connectivity index (χ1) is 16.4. The number of benzene rings is 2. The van der Waals surface area contributed by atoms with Crippen LogP contribution in [0.5, 0.6) is 23.0 Å². The van der Waals surface area contributed by atoms with Crippen molar-refractivity contribution in [2.24, 2.45) is 0 Å². The second-order valence-electron chi connectivity index (χ2n) is 7.89. The first kappa shape index (κ1) is 21.6. The molecule has 0 unspecified atom stereocenters. The number of nitrogens with zero attached hydrogens (tertiary/aromatic N) is 3. The molecule has 1 N–H and O–H groups in total. The lowest BCUT2D eigenvalue weighted by Crippen LogP contribution is -2.41. The summed E-state index contributed by atoms with van der Waals surface area (Å²) < 4.78 is 27.0. The number of carbonyl (C=O) groups excluding carboxylic acids is 2. The molecule has 3 heterocycles. The normalized spacial score (nSPS) is 19.2. The average molecular weight is 466 g/mol. The molecule has 176 valence electrons. The van der Waals surface area contributed by atoms with Crippen LogP contribution in [-0.2, 0) is 16.9 Å². The van der Waals surface area contributed by atoms with Crippen LogP contribution in [-0.4, -0.2) is 54.4 Å². The number of amides is 3. The molecular formula is C23H22N4O7. The van der Waals surface area contributed by atoms with E-state index in [-0.39, 0.29) is 18.3 Å². The van der Waals surface area contributed by atoms with Crippen LogP contribution in [0, 0.1) is 0 Å². The first-order valence-electron chi connectivity index (χ1n) is 10.5. The Morgan fingerprint density at radius 2 is 1.79 bits per heavy atom. The van der Waals surface area contributed by atoms with Crippen molar-refractivity contribution in [2.75, 3.05) is 27.4 Å². The third kappa shape index (κ3) is 3.54. The second kappa shape index (κ2) is 8.25. The summed E-state index contributed by atoms with van der Waals surface area (Å²) in [5.41, 5.74) is -0.0702. The summed E-state index contributed by atoms with van der Waals surface area (Å²) in [5.74, 6) is 2.16. The molecule has 5 rings (SSSR count). The minimum Gasteiger partial charge on any atom is -0.493 e. The maximum Gasteiger partial charge on any atom is 0.325 e. The Morgan fingerprint density at radius 3 is 2.56 bits per heavy atom. The van der Waals surface area contributed by atoms with Gasteiger partial charge in [0.1, 0.15) is 25.3 Å². The molecule has 0 bridgehead atoms. The summed E-state index contributed by atoms with van der Waals surface area (Å²) in [6.45, 7) is 2.34. The Bertz CT molecular complexity index is 1270. The minimum absolute atomic E-state index is 0.111. The number of aromatic nitrogens is 2. The van der Waals surface area contributed by atoms with Gasteiger partial charge in [-0.05, 0) is 42.8 Å². The molecule has 2 aliphatic heterocycles. The number of rotatable bonds is 6. The molecule has 0 spiro atoms. The second-order valence-corrected chi connectivity index (χ2v) is 7.89. The Morgan fingerprint density at radius 1 is 1.03 bits per heavy atom. The highest BCUT2D eigenvalue weighted by Gasteiger charge is 2.49. The lowest BCUT2D eigenvalue weighted by Gasteiger charge is -2.25. The number of methoxy groups -OCH3 is 2. The quantitative estimate of drug-likeness (QED) is 0.545. The highest BCUT2D eigenvalue weighted by atomic mass is 16.6. The van der Waals surface area contributed by atoms with Gasteiger partial charge in [-0.15, -0.1) is 0 Å². The summed E-state index contributed by atoms with van der Waals surface area (Å²) >= 11 is 0. The van der Waals surface area contributed by atoms with E-state index in [0.717, 1.165) is 4.90 Å². The predicted octanol–water partition coefficient (Wildman–Crippen LogP) is 2.49. The smallest absolute Gasteiger partial charge is 0.325 e. The van der Waals surface area contributed by atoms with Crippen LogP contribution in [0.1, 0.15) is 18.4 Å². The van der Waals surface area contributed by atoms with Crippen LogP contribution in [0.3, 0.4) is 0 Å². The van der Waals surface area contributed by atoms with Crippen LogP contribution in [0.2, 0.25) is 0 Å². The standard InChI is InChI=1S/C23H22N4O7/c1-23(14-5-7-16-18(11-14)33-9-8-32-16)21(28)27(22(29)25-23)12-19-24-20(26-34-19)13-4-6-15(30-2)17(10-13)31-3/h4-7,10-11H,8-9,12H2,1-3H3,(H,25,29)/t23-/m0/s1. The molecule has 11 heteroatoms. The van der Waals surface area contributed by atoms with Gasteiger partial charge in [0, 0.05) is 5.56 Å². The Kier molecular flexibility index (Phi) is 5.23. The molecule has 2 aliphatic rings. The Hall–Kier alpha value is -4.28. The van der Waals surface area contributed by atoms with Crippen molar-refractivity contribution in [3.8, 4) is 34.4 Å². The molecule has 11 nitrogen and oxygen atoms in total. The van der Waals surface area contributed by atoms with Gasteiger partial charge < -0.3 is 28.8 Å². The van der Waals surface area contributed by atoms with Crippen molar-refractivity contribution in [3.63, 3.8) is 0 Å². The minimum atomic E-state index is -1.28. The summed E-state index contributed by atoms with van der Waals surface area (Å²) in [6, 6.07) is 9.79. The number of hydrogen-bond donors (Lipinski definition) is 1. The van der Waals surface area contributed by atoms with E-state index in [1.54, 1.807) is 50.4 Å².